The number of rotatable bonds is 4. The van der Waals surface area contributed by atoms with Gasteiger partial charge in [0.2, 0.25) is 5.82 Å². The van der Waals surface area contributed by atoms with Crippen LogP contribution < -0.4 is 4.74 Å². The van der Waals surface area contributed by atoms with Crippen molar-refractivity contribution in [3.63, 3.8) is 0 Å². The van der Waals surface area contributed by atoms with E-state index >= 15 is 0 Å². The first-order chi connectivity index (χ1) is 14.4. The first kappa shape index (κ1) is 19.3. The van der Waals surface area contributed by atoms with E-state index in [-0.39, 0.29) is 16.1 Å². The average Bonchev–Trinajstić information content (AvgIpc) is 3.43. The number of halogens is 3. The Balaban J connectivity index is 1.58. The second-order valence-electron chi connectivity index (χ2n) is 6.56. The number of hydrogen-bond donors (Lipinski definition) is 0. The van der Waals surface area contributed by atoms with Crippen molar-refractivity contribution >= 4 is 33.3 Å². The minimum atomic E-state index is -4.64. The van der Waals surface area contributed by atoms with Crippen LogP contribution in [0.4, 0.5) is 13.2 Å². The van der Waals surface area contributed by atoms with Crippen LogP contribution >= 0.6 is 23.1 Å². The summed E-state index contributed by atoms with van der Waals surface area (Å²) in [7, 11) is 1.53. The van der Waals surface area contributed by atoms with Gasteiger partial charge in [0.25, 0.3) is 11.1 Å². The highest BCUT2D eigenvalue weighted by atomic mass is 32.2. The molecule has 11 heteroatoms. The largest absolute Gasteiger partial charge is 0.496 e. The summed E-state index contributed by atoms with van der Waals surface area (Å²) in [5, 5.41) is 8.95. The van der Waals surface area contributed by atoms with E-state index in [0.717, 1.165) is 41.5 Å². The maximum atomic E-state index is 13.4. The molecule has 0 saturated carbocycles. The lowest BCUT2D eigenvalue weighted by molar-refractivity contribution is -0.145. The third kappa shape index (κ3) is 3.31. The summed E-state index contributed by atoms with van der Waals surface area (Å²) in [5.74, 6) is -0.397. The number of thiophene rings is 1. The van der Waals surface area contributed by atoms with Gasteiger partial charge in [-0.3, -0.25) is 0 Å². The lowest BCUT2D eigenvalue weighted by atomic mass is 10.2. The lowest BCUT2D eigenvalue weighted by Gasteiger charge is -2.08. The Hall–Kier alpha value is -2.66. The molecule has 0 saturated heterocycles. The molecule has 0 amide bonds. The van der Waals surface area contributed by atoms with Crippen molar-refractivity contribution in [1.29, 1.82) is 0 Å². The molecule has 0 unspecified atom stereocenters. The first-order valence-electron chi connectivity index (χ1n) is 8.98. The number of nitrogens with zero attached hydrogens (tertiary/aromatic N) is 4. The van der Waals surface area contributed by atoms with E-state index in [9.17, 15) is 13.2 Å². The summed E-state index contributed by atoms with van der Waals surface area (Å²) in [6.07, 6.45) is -2.02. The monoisotopic (exact) mass is 450 g/mol. The van der Waals surface area contributed by atoms with Gasteiger partial charge in [0.15, 0.2) is 0 Å². The van der Waals surface area contributed by atoms with Crippen molar-refractivity contribution < 1.29 is 22.3 Å². The van der Waals surface area contributed by atoms with Crippen molar-refractivity contribution in [3.8, 4) is 17.2 Å². The molecule has 154 valence electrons. The number of aryl methyl sites for hydroxylation is 2. The Kier molecular flexibility index (Phi) is 4.66. The molecule has 4 aromatic rings. The summed E-state index contributed by atoms with van der Waals surface area (Å²) in [5.41, 5.74) is 1.62. The van der Waals surface area contributed by atoms with E-state index in [1.165, 1.54) is 18.4 Å². The molecule has 1 aliphatic rings. The molecule has 0 fully saturated rings. The molecular formula is C19H13F3N4O2S2. The van der Waals surface area contributed by atoms with Crippen LogP contribution in [0.15, 0.2) is 38.9 Å². The Labute approximate surface area is 176 Å². The quantitative estimate of drug-likeness (QED) is 0.385. The number of benzene rings is 1. The van der Waals surface area contributed by atoms with Gasteiger partial charge in [-0.05, 0) is 48.7 Å². The molecule has 0 atom stereocenters. The zero-order chi connectivity index (χ0) is 20.9. The maximum absolute atomic E-state index is 13.4. The first-order valence-corrected chi connectivity index (χ1v) is 10.6. The molecule has 0 N–H and O–H groups in total. The molecule has 1 aliphatic carbocycles. The van der Waals surface area contributed by atoms with Crippen LogP contribution in [0.2, 0.25) is 0 Å². The predicted molar refractivity (Wildman–Crippen MR) is 105 cm³/mol. The van der Waals surface area contributed by atoms with Crippen LogP contribution in [0.3, 0.4) is 0 Å². The number of ether oxygens (including phenoxy) is 1. The van der Waals surface area contributed by atoms with E-state index in [4.69, 9.17) is 9.15 Å². The van der Waals surface area contributed by atoms with Gasteiger partial charge < -0.3 is 9.15 Å². The van der Waals surface area contributed by atoms with Crippen LogP contribution in [0.25, 0.3) is 21.7 Å². The fourth-order valence-electron chi connectivity index (χ4n) is 3.43. The zero-order valence-electron chi connectivity index (χ0n) is 15.5. The molecule has 5 rings (SSSR count). The predicted octanol–water partition coefficient (Wildman–Crippen LogP) is 5.41. The second-order valence-corrected chi connectivity index (χ2v) is 8.59. The molecule has 30 heavy (non-hydrogen) atoms. The van der Waals surface area contributed by atoms with Gasteiger partial charge in [0, 0.05) is 10.3 Å². The van der Waals surface area contributed by atoms with Gasteiger partial charge in [-0.15, -0.1) is 21.5 Å². The van der Waals surface area contributed by atoms with Gasteiger partial charge in [0.05, 0.1) is 12.7 Å². The summed E-state index contributed by atoms with van der Waals surface area (Å²) in [6, 6.07) is 7.12. The summed E-state index contributed by atoms with van der Waals surface area (Å²) in [4.78, 5) is 9.00. The Morgan fingerprint density at radius 3 is 2.77 bits per heavy atom. The minimum absolute atomic E-state index is 0.0991. The van der Waals surface area contributed by atoms with E-state index in [1.807, 2.05) is 6.07 Å². The molecule has 1 aromatic carbocycles. The van der Waals surface area contributed by atoms with E-state index in [2.05, 4.69) is 20.2 Å². The van der Waals surface area contributed by atoms with Crippen molar-refractivity contribution in [3.05, 3.63) is 40.5 Å². The van der Waals surface area contributed by atoms with Gasteiger partial charge >= 0.3 is 6.18 Å². The third-order valence-corrected chi connectivity index (χ3v) is 6.73. The molecule has 0 bridgehead atoms. The van der Waals surface area contributed by atoms with E-state index in [0.29, 0.717) is 21.5 Å². The molecule has 3 heterocycles. The van der Waals surface area contributed by atoms with Gasteiger partial charge in [0.1, 0.15) is 15.6 Å². The standard InChI is InChI=1S/C19H13F3N4O2S2/c1-27-11-7-3-2-5-9(11)14-25-26-18(28-14)30-16-13-10-6-4-8-12(10)29-15(13)23-17(24-16)19(20,21)22/h2-3,5,7H,4,6,8H2,1H3. The van der Waals surface area contributed by atoms with Crippen molar-refractivity contribution in [2.24, 2.45) is 0 Å². The van der Waals surface area contributed by atoms with Crippen LogP contribution in [0.5, 0.6) is 5.75 Å². The van der Waals surface area contributed by atoms with Gasteiger partial charge in [-0.25, -0.2) is 9.97 Å². The van der Waals surface area contributed by atoms with Crippen LogP contribution in [0.1, 0.15) is 22.7 Å². The molecule has 0 spiro atoms. The Bertz CT molecular complexity index is 1250. The summed E-state index contributed by atoms with van der Waals surface area (Å²) >= 11 is 2.22. The highest BCUT2D eigenvalue weighted by Crippen LogP contribution is 2.43. The van der Waals surface area contributed by atoms with Crippen molar-refractivity contribution in [1.82, 2.24) is 20.2 Å². The molecule has 3 aromatic heterocycles. The van der Waals surface area contributed by atoms with Crippen LogP contribution in [-0.4, -0.2) is 27.3 Å². The second kappa shape index (κ2) is 7.24. The zero-order valence-corrected chi connectivity index (χ0v) is 17.1. The lowest BCUT2D eigenvalue weighted by Crippen LogP contribution is -2.11. The maximum Gasteiger partial charge on any atom is 0.451 e. The SMILES string of the molecule is COc1ccccc1-c1nnc(Sc2nc(C(F)(F)F)nc3sc4c(c23)CCC4)o1. The number of hydrogen-bond acceptors (Lipinski definition) is 8. The smallest absolute Gasteiger partial charge is 0.451 e. The number of alkyl halides is 3. The Morgan fingerprint density at radius 2 is 1.97 bits per heavy atom. The highest BCUT2D eigenvalue weighted by molar-refractivity contribution is 7.99. The molecule has 6 nitrogen and oxygen atoms in total. The van der Waals surface area contributed by atoms with Crippen LogP contribution in [-0.2, 0) is 19.0 Å². The fourth-order valence-corrected chi connectivity index (χ4v) is 5.57. The number of aromatic nitrogens is 4. The van der Waals surface area contributed by atoms with Crippen molar-refractivity contribution in [2.75, 3.05) is 7.11 Å². The Morgan fingerprint density at radius 1 is 1.13 bits per heavy atom. The number of methoxy groups -OCH3 is 1. The topological polar surface area (TPSA) is 73.9 Å². The summed E-state index contributed by atoms with van der Waals surface area (Å²) < 4.78 is 51.1. The highest BCUT2D eigenvalue weighted by Gasteiger charge is 2.37. The number of fused-ring (bicyclic) bond motifs is 3. The van der Waals surface area contributed by atoms with E-state index < -0.39 is 12.0 Å². The molecular weight excluding hydrogens is 437 g/mol. The normalized spacial score (nSPS) is 13.7. The van der Waals surface area contributed by atoms with Crippen LogP contribution in [0, 0.1) is 0 Å². The average molecular weight is 450 g/mol. The van der Waals surface area contributed by atoms with Gasteiger partial charge in [-0.1, -0.05) is 12.1 Å². The molecule has 0 aliphatic heterocycles. The fraction of sp³-hybridized carbons (Fsp3) is 0.263. The van der Waals surface area contributed by atoms with E-state index in [1.54, 1.807) is 18.2 Å². The summed E-state index contributed by atoms with van der Waals surface area (Å²) in [6.45, 7) is 0. The van der Waals surface area contributed by atoms with Crippen molar-refractivity contribution in [2.45, 2.75) is 35.7 Å². The minimum Gasteiger partial charge on any atom is -0.496 e. The van der Waals surface area contributed by atoms with Gasteiger partial charge in [-0.2, -0.15) is 13.2 Å². The number of para-hydroxylation sites is 1. The third-order valence-electron chi connectivity index (χ3n) is 4.71. The molecule has 0 radical (unpaired) electrons.